The molecule has 0 saturated heterocycles. The summed E-state index contributed by atoms with van der Waals surface area (Å²) < 4.78 is 12.1. The number of rotatable bonds is 3. The van der Waals surface area contributed by atoms with E-state index in [4.69, 9.17) is 0 Å². The lowest BCUT2D eigenvalue weighted by atomic mass is 10.3. The van der Waals surface area contributed by atoms with Gasteiger partial charge in [0.05, 0.1) is 5.83 Å². The summed E-state index contributed by atoms with van der Waals surface area (Å²) in [4.78, 5) is 0. The van der Waals surface area contributed by atoms with Crippen molar-refractivity contribution in [1.29, 1.82) is 0 Å². The zero-order valence-corrected chi connectivity index (χ0v) is 5.15. The largest absolute Gasteiger partial charge is 0.212 e. The molecule has 0 spiro atoms. The van der Waals surface area contributed by atoms with Gasteiger partial charge in [0.1, 0.15) is 0 Å². The quantitative estimate of drug-likeness (QED) is 0.495. The van der Waals surface area contributed by atoms with Gasteiger partial charge < -0.3 is 0 Å². The van der Waals surface area contributed by atoms with Crippen LogP contribution in [0.5, 0.6) is 0 Å². The molecular weight excluding hydrogens is 103 g/mol. The first-order valence-corrected chi connectivity index (χ1v) is 2.73. The Hall–Kier alpha value is -0.590. The average Bonchev–Trinajstić information content (AvgIpc) is 1.83. The van der Waals surface area contributed by atoms with Crippen LogP contribution in [0.15, 0.2) is 24.6 Å². The predicted molar refractivity (Wildman–Crippen MR) is 34.3 cm³/mol. The van der Waals surface area contributed by atoms with Crippen LogP contribution in [-0.2, 0) is 0 Å². The van der Waals surface area contributed by atoms with Gasteiger partial charge in [0.25, 0.3) is 0 Å². The maximum absolute atomic E-state index is 12.1. The maximum Gasteiger partial charge on any atom is 0.0960 e. The van der Waals surface area contributed by atoms with Crippen molar-refractivity contribution in [2.24, 2.45) is 0 Å². The first kappa shape index (κ1) is 7.41. The Kier molecular flexibility index (Phi) is 4.23. The van der Waals surface area contributed by atoms with Crippen molar-refractivity contribution in [2.75, 3.05) is 0 Å². The number of hydrogen-bond donors (Lipinski definition) is 0. The number of allylic oxidation sites excluding steroid dienone is 3. The van der Waals surface area contributed by atoms with Gasteiger partial charge >= 0.3 is 0 Å². The molecule has 0 aliphatic rings. The van der Waals surface area contributed by atoms with Gasteiger partial charge in [-0.05, 0) is 13.3 Å². The first-order valence-electron chi connectivity index (χ1n) is 2.73. The Balaban J connectivity index is 3.24. The molecule has 0 fully saturated rings. The molecule has 0 radical (unpaired) electrons. The van der Waals surface area contributed by atoms with Crippen LogP contribution in [0.1, 0.15) is 19.8 Å². The van der Waals surface area contributed by atoms with Crippen molar-refractivity contribution < 1.29 is 4.39 Å². The molecule has 8 heavy (non-hydrogen) atoms. The normalized spacial score (nSPS) is 11.5. The molecule has 0 heterocycles. The highest BCUT2D eigenvalue weighted by Crippen LogP contribution is 2.04. The third-order valence-electron chi connectivity index (χ3n) is 0.901. The zero-order valence-electron chi connectivity index (χ0n) is 5.15. The van der Waals surface area contributed by atoms with E-state index >= 15 is 0 Å². The molecule has 1 heteroatoms. The van der Waals surface area contributed by atoms with Gasteiger partial charge in [0, 0.05) is 6.42 Å². The van der Waals surface area contributed by atoms with Crippen LogP contribution in [-0.4, -0.2) is 0 Å². The smallest absolute Gasteiger partial charge is 0.0960 e. The lowest BCUT2D eigenvalue weighted by Crippen LogP contribution is -1.69. The standard InChI is InChI=1S/C7H11F/c1-3-5-6-7(8)4-2/h3-4H,1,5-6H2,2H3/b7-4+. The van der Waals surface area contributed by atoms with E-state index in [0.717, 1.165) is 6.42 Å². The summed E-state index contributed by atoms with van der Waals surface area (Å²) in [6, 6.07) is 0. The first-order chi connectivity index (χ1) is 3.81. The summed E-state index contributed by atoms with van der Waals surface area (Å²) in [5.41, 5.74) is 0. The van der Waals surface area contributed by atoms with Crippen LogP contribution in [0.2, 0.25) is 0 Å². The molecule has 0 aliphatic heterocycles. The Labute approximate surface area is 49.7 Å². The fourth-order valence-corrected chi connectivity index (χ4v) is 0.384. The molecule has 0 aromatic carbocycles. The van der Waals surface area contributed by atoms with Gasteiger partial charge in [-0.2, -0.15) is 0 Å². The molecule has 0 atom stereocenters. The predicted octanol–water partition coefficient (Wildman–Crippen LogP) is 2.83. The van der Waals surface area contributed by atoms with E-state index in [1.807, 2.05) is 0 Å². The van der Waals surface area contributed by atoms with Crippen molar-refractivity contribution in [3.63, 3.8) is 0 Å². The Bertz CT molecular complexity index is 92.6. The van der Waals surface area contributed by atoms with Crippen LogP contribution in [0.25, 0.3) is 0 Å². The molecule has 0 aliphatic carbocycles. The summed E-state index contributed by atoms with van der Waals surface area (Å²) in [7, 11) is 0. The van der Waals surface area contributed by atoms with E-state index in [1.54, 1.807) is 13.0 Å². The summed E-state index contributed by atoms with van der Waals surface area (Å²) in [6.45, 7) is 5.17. The lowest BCUT2D eigenvalue weighted by molar-refractivity contribution is 0.590. The van der Waals surface area contributed by atoms with Gasteiger partial charge in [-0.3, -0.25) is 0 Å². The minimum Gasteiger partial charge on any atom is -0.212 e. The van der Waals surface area contributed by atoms with Crippen molar-refractivity contribution in [2.45, 2.75) is 19.8 Å². The molecule has 0 amide bonds. The SMILES string of the molecule is C=CCC/C(F)=C\C. The minimum atomic E-state index is -0.0510. The molecule has 0 bridgehead atoms. The number of halogens is 1. The topological polar surface area (TPSA) is 0 Å². The second-order valence-corrected chi connectivity index (χ2v) is 1.56. The second-order valence-electron chi connectivity index (χ2n) is 1.56. The highest BCUT2D eigenvalue weighted by Gasteiger charge is 1.86. The Morgan fingerprint density at radius 2 is 2.38 bits per heavy atom. The fraction of sp³-hybridized carbons (Fsp3) is 0.429. The van der Waals surface area contributed by atoms with Crippen LogP contribution in [0.3, 0.4) is 0 Å². The van der Waals surface area contributed by atoms with E-state index in [-0.39, 0.29) is 5.83 Å². The van der Waals surface area contributed by atoms with E-state index < -0.39 is 0 Å². The van der Waals surface area contributed by atoms with Crippen molar-refractivity contribution in [3.8, 4) is 0 Å². The molecule has 0 rings (SSSR count). The summed E-state index contributed by atoms with van der Waals surface area (Å²) in [6.07, 6.45) is 4.42. The fourth-order valence-electron chi connectivity index (χ4n) is 0.384. The van der Waals surface area contributed by atoms with E-state index in [2.05, 4.69) is 6.58 Å². The highest BCUT2D eigenvalue weighted by atomic mass is 19.1. The Morgan fingerprint density at radius 3 is 2.75 bits per heavy atom. The molecule has 46 valence electrons. The van der Waals surface area contributed by atoms with E-state index in [0.29, 0.717) is 6.42 Å². The monoisotopic (exact) mass is 114 g/mol. The average molecular weight is 114 g/mol. The summed E-state index contributed by atoms with van der Waals surface area (Å²) in [5, 5.41) is 0. The van der Waals surface area contributed by atoms with E-state index in [1.165, 1.54) is 6.08 Å². The van der Waals surface area contributed by atoms with E-state index in [9.17, 15) is 4.39 Å². The molecule has 0 aromatic heterocycles. The third-order valence-corrected chi connectivity index (χ3v) is 0.901. The van der Waals surface area contributed by atoms with Gasteiger partial charge in [-0.1, -0.05) is 12.2 Å². The number of hydrogen-bond acceptors (Lipinski definition) is 0. The van der Waals surface area contributed by atoms with Crippen molar-refractivity contribution >= 4 is 0 Å². The lowest BCUT2D eigenvalue weighted by Gasteiger charge is -1.87. The molecule has 0 saturated carbocycles. The van der Waals surface area contributed by atoms with Crippen LogP contribution < -0.4 is 0 Å². The molecule has 0 unspecified atom stereocenters. The second kappa shape index (κ2) is 4.57. The minimum absolute atomic E-state index is 0.0510. The molecule has 0 nitrogen and oxygen atoms in total. The van der Waals surface area contributed by atoms with Gasteiger partial charge in [-0.25, -0.2) is 4.39 Å². The zero-order chi connectivity index (χ0) is 6.41. The van der Waals surface area contributed by atoms with Gasteiger partial charge in [0.15, 0.2) is 0 Å². The van der Waals surface area contributed by atoms with Gasteiger partial charge in [-0.15, -0.1) is 6.58 Å². The van der Waals surface area contributed by atoms with Crippen LogP contribution >= 0.6 is 0 Å². The summed E-state index contributed by atoms with van der Waals surface area (Å²) in [5.74, 6) is -0.0510. The van der Waals surface area contributed by atoms with Crippen molar-refractivity contribution in [1.82, 2.24) is 0 Å². The molecule has 0 aromatic rings. The van der Waals surface area contributed by atoms with Crippen LogP contribution in [0.4, 0.5) is 4.39 Å². The highest BCUT2D eigenvalue weighted by molar-refractivity contribution is 4.90. The molecular formula is C7H11F. The third kappa shape index (κ3) is 3.59. The summed E-state index contributed by atoms with van der Waals surface area (Å²) >= 11 is 0. The van der Waals surface area contributed by atoms with Gasteiger partial charge in [0.2, 0.25) is 0 Å². The molecule has 0 N–H and O–H groups in total. The van der Waals surface area contributed by atoms with Crippen molar-refractivity contribution in [3.05, 3.63) is 24.6 Å². The Morgan fingerprint density at radius 1 is 1.75 bits per heavy atom. The maximum atomic E-state index is 12.1. The van der Waals surface area contributed by atoms with Crippen LogP contribution in [0, 0.1) is 0 Å².